The van der Waals surface area contributed by atoms with E-state index in [2.05, 4.69) is 62.1 Å². The molecule has 6 heterocycles. The summed E-state index contributed by atoms with van der Waals surface area (Å²) in [5.74, 6) is -0.273. The van der Waals surface area contributed by atoms with Gasteiger partial charge in [-0.25, -0.2) is 4.98 Å². The van der Waals surface area contributed by atoms with Crippen LogP contribution in [0.4, 0.5) is 0 Å². The summed E-state index contributed by atoms with van der Waals surface area (Å²) >= 11 is 0. The summed E-state index contributed by atoms with van der Waals surface area (Å²) in [5, 5.41) is 4.58. The average molecular weight is 771 g/mol. The highest BCUT2D eigenvalue weighted by atomic mass is 16.5. The molecule has 5 aromatic rings. The number of aryl methyl sites for hydroxylation is 1. The highest BCUT2D eigenvalue weighted by Crippen LogP contribution is 2.35. The Hall–Kier alpha value is -5.66. The lowest BCUT2D eigenvalue weighted by molar-refractivity contribution is -0.136. The molecule has 4 amide bonds. The molecule has 0 spiro atoms. The Morgan fingerprint density at radius 1 is 0.789 bits per heavy atom. The summed E-state index contributed by atoms with van der Waals surface area (Å²) in [5.41, 5.74) is 4.99. The van der Waals surface area contributed by atoms with E-state index in [4.69, 9.17) is 14.2 Å². The van der Waals surface area contributed by atoms with Gasteiger partial charge in [-0.2, -0.15) is 0 Å². The molecule has 2 aromatic carbocycles. The number of carbonyl (C=O) groups is 4. The van der Waals surface area contributed by atoms with Gasteiger partial charge in [-0.3, -0.25) is 34.4 Å². The zero-order valence-corrected chi connectivity index (χ0v) is 32.0. The first-order chi connectivity index (χ1) is 27.8. The van der Waals surface area contributed by atoms with Crippen molar-refractivity contribution in [3.05, 3.63) is 84.3 Å². The van der Waals surface area contributed by atoms with E-state index < -0.39 is 29.7 Å². The standard InChI is InChI=1S/C44H46N6O7/c1-48-37-12-15-45-25-36(37)33-7-4-28(22-39(33)48)29-5-11-41(46-24-29)57-32-20-27(21-32)26-49-16-13-30(14-17-49)55-18-2-3-19-56-31-6-8-34-35(23-31)44(54)50(43(34)53)38-9-10-40(51)47-42(38)52/h4-8,11-12,15,22-25,27,30,32,38H,2-3,9-10,13-14,16-21,26H2,1H3,(H,47,51,52). The first kappa shape index (κ1) is 36.9. The van der Waals surface area contributed by atoms with E-state index in [0.717, 1.165) is 79.6 Å². The van der Waals surface area contributed by atoms with Gasteiger partial charge in [-0.1, -0.05) is 12.1 Å². The number of imide groups is 2. The summed E-state index contributed by atoms with van der Waals surface area (Å²) < 4.78 is 20.6. The van der Waals surface area contributed by atoms with Crippen LogP contribution in [0.2, 0.25) is 0 Å². The monoisotopic (exact) mass is 770 g/mol. The van der Waals surface area contributed by atoms with Gasteiger partial charge in [0.25, 0.3) is 11.8 Å². The van der Waals surface area contributed by atoms with Crippen molar-refractivity contribution in [2.75, 3.05) is 32.8 Å². The van der Waals surface area contributed by atoms with Crippen molar-refractivity contribution in [1.29, 1.82) is 0 Å². The Bertz CT molecular complexity index is 2340. The number of fused-ring (bicyclic) bond motifs is 4. The molecule has 2 saturated heterocycles. The summed E-state index contributed by atoms with van der Waals surface area (Å²) in [4.78, 5) is 62.3. The van der Waals surface area contributed by atoms with Crippen LogP contribution in [0.1, 0.15) is 72.1 Å². The Morgan fingerprint density at radius 2 is 1.60 bits per heavy atom. The molecule has 57 heavy (non-hydrogen) atoms. The van der Waals surface area contributed by atoms with Gasteiger partial charge < -0.3 is 23.7 Å². The second kappa shape index (κ2) is 15.7. The maximum atomic E-state index is 13.1. The molecule has 9 rings (SSSR count). The van der Waals surface area contributed by atoms with Crippen molar-refractivity contribution in [2.24, 2.45) is 13.0 Å². The molecule has 4 aliphatic rings. The number of rotatable bonds is 13. The number of benzene rings is 2. The van der Waals surface area contributed by atoms with Crippen molar-refractivity contribution >= 4 is 45.4 Å². The number of nitrogens with one attached hydrogen (secondary N) is 1. The molecule has 1 unspecified atom stereocenters. The number of nitrogens with zero attached hydrogens (tertiary/aromatic N) is 5. The second-order valence-corrected chi connectivity index (χ2v) is 15.7. The molecule has 3 fully saturated rings. The van der Waals surface area contributed by atoms with E-state index in [1.54, 1.807) is 18.2 Å². The SMILES string of the molecule is Cn1c2ccncc2c2ccc(-c3ccc(OC4CC(CN5CCC(OCCCCOc6ccc7c(c6)C(=O)N(C6CCC(=O)NC6=O)C7=O)CC5)C4)nc3)cc21. The number of aromatic nitrogens is 3. The van der Waals surface area contributed by atoms with Crippen molar-refractivity contribution in [3.63, 3.8) is 0 Å². The smallest absolute Gasteiger partial charge is 0.262 e. The van der Waals surface area contributed by atoms with Gasteiger partial charge in [0.15, 0.2) is 0 Å². The summed E-state index contributed by atoms with van der Waals surface area (Å²) in [6.45, 7) is 4.30. The van der Waals surface area contributed by atoms with Crippen LogP contribution in [-0.4, -0.2) is 99.1 Å². The molecule has 3 aliphatic heterocycles. The molecule has 13 heteroatoms. The molecule has 1 atom stereocenters. The third-order valence-corrected chi connectivity index (χ3v) is 12.0. The third kappa shape index (κ3) is 7.49. The number of pyridine rings is 2. The third-order valence-electron chi connectivity index (χ3n) is 12.0. The Balaban J connectivity index is 0.648. The molecular weight excluding hydrogens is 725 g/mol. The Kier molecular flexibility index (Phi) is 10.2. The molecule has 1 aliphatic carbocycles. The van der Waals surface area contributed by atoms with E-state index in [9.17, 15) is 19.2 Å². The van der Waals surface area contributed by atoms with E-state index >= 15 is 0 Å². The quantitative estimate of drug-likeness (QED) is 0.117. The topological polar surface area (TPSA) is 145 Å². The molecule has 0 bridgehead atoms. The van der Waals surface area contributed by atoms with Gasteiger partial charge in [-0.15, -0.1) is 0 Å². The lowest BCUT2D eigenvalue weighted by Crippen LogP contribution is -2.54. The number of amides is 4. The predicted octanol–water partition coefficient (Wildman–Crippen LogP) is 5.69. The van der Waals surface area contributed by atoms with Crippen LogP contribution in [0.3, 0.4) is 0 Å². The van der Waals surface area contributed by atoms with Crippen LogP contribution in [0.25, 0.3) is 32.9 Å². The lowest BCUT2D eigenvalue weighted by atomic mass is 9.81. The number of unbranched alkanes of at least 4 members (excludes halogenated alkanes) is 1. The first-order valence-electron chi connectivity index (χ1n) is 20.1. The summed E-state index contributed by atoms with van der Waals surface area (Å²) in [6.07, 6.45) is 12.2. The minimum atomic E-state index is -0.986. The van der Waals surface area contributed by atoms with Gasteiger partial charge in [0.1, 0.15) is 17.9 Å². The van der Waals surface area contributed by atoms with Gasteiger partial charge in [-0.05, 0) is 92.8 Å². The summed E-state index contributed by atoms with van der Waals surface area (Å²) in [7, 11) is 2.09. The number of carbonyl (C=O) groups excluding carboxylic acids is 4. The molecule has 1 saturated carbocycles. The number of likely N-dealkylation sites (tertiary alicyclic amines) is 1. The number of ether oxygens (including phenoxy) is 3. The fraction of sp³-hybridized carbons (Fsp3) is 0.409. The number of hydrogen-bond acceptors (Lipinski definition) is 10. The molecule has 0 radical (unpaired) electrons. The highest BCUT2D eigenvalue weighted by Gasteiger charge is 2.44. The van der Waals surface area contributed by atoms with Gasteiger partial charge in [0.05, 0.1) is 29.4 Å². The van der Waals surface area contributed by atoms with Gasteiger partial charge in [0.2, 0.25) is 17.7 Å². The van der Waals surface area contributed by atoms with Crippen LogP contribution in [-0.2, 0) is 21.4 Å². The molecule has 3 aromatic heterocycles. The van der Waals surface area contributed by atoms with Gasteiger partial charge in [0, 0.05) is 86.2 Å². The summed E-state index contributed by atoms with van der Waals surface area (Å²) in [6, 6.07) is 16.5. The van der Waals surface area contributed by atoms with Crippen LogP contribution in [0.5, 0.6) is 11.6 Å². The normalized spacial score (nSPS) is 21.6. The average Bonchev–Trinajstić information content (AvgIpc) is 3.64. The molecular formula is C44H46N6O7. The molecule has 1 N–H and O–H groups in total. The van der Waals surface area contributed by atoms with Crippen molar-refractivity contribution < 1.29 is 33.4 Å². The lowest BCUT2D eigenvalue weighted by Gasteiger charge is -2.40. The maximum absolute atomic E-state index is 13.1. The number of hydrogen-bond donors (Lipinski definition) is 1. The van der Waals surface area contributed by atoms with Crippen LogP contribution < -0.4 is 14.8 Å². The fourth-order valence-electron chi connectivity index (χ4n) is 8.75. The van der Waals surface area contributed by atoms with Crippen LogP contribution in [0.15, 0.2) is 73.2 Å². The van der Waals surface area contributed by atoms with Gasteiger partial charge >= 0.3 is 0 Å². The molecule has 13 nitrogen and oxygen atoms in total. The van der Waals surface area contributed by atoms with E-state index in [1.807, 2.05) is 24.7 Å². The zero-order chi connectivity index (χ0) is 39.0. The predicted molar refractivity (Wildman–Crippen MR) is 212 cm³/mol. The Labute approximate surface area is 330 Å². The number of piperidine rings is 2. The minimum Gasteiger partial charge on any atom is -0.494 e. The largest absolute Gasteiger partial charge is 0.494 e. The fourth-order valence-corrected chi connectivity index (χ4v) is 8.75. The van der Waals surface area contributed by atoms with Crippen LogP contribution >= 0.6 is 0 Å². The van der Waals surface area contributed by atoms with E-state index in [1.165, 1.54) is 16.4 Å². The second-order valence-electron chi connectivity index (χ2n) is 15.7. The van der Waals surface area contributed by atoms with E-state index in [0.29, 0.717) is 30.8 Å². The van der Waals surface area contributed by atoms with Crippen molar-refractivity contribution in [2.45, 2.75) is 69.6 Å². The maximum Gasteiger partial charge on any atom is 0.262 e. The molecule has 294 valence electrons. The minimum absolute atomic E-state index is 0.0838. The van der Waals surface area contributed by atoms with E-state index in [-0.39, 0.29) is 36.2 Å². The van der Waals surface area contributed by atoms with Crippen LogP contribution in [0, 0.1) is 5.92 Å². The highest BCUT2D eigenvalue weighted by molar-refractivity contribution is 6.23. The first-order valence-corrected chi connectivity index (χ1v) is 20.1. The Morgan fingerprint density at radius 3 is 2.40 bits per heavy atom. The van der Waals surface area contributed by atoms with Crippen molar-refractivity contribution in [1.82, 2.24) is 29.7 Å². The van der Waals surface area contributed by atoms with Crippen molar-refractivity contribution in [3.8, 4) is 22.8 Å². The zero-order valence-electron chi connectivity index (χ0n) is 32.0.